The molecule has 0 aliphatic carbocycles. The SMILES string of the molecule is CC1(C)OB(O)c2ccc(C3=NOC(c4cc(Br)c(F)c(Br)c4)(C(F)(F)F)C3)cc21. The molecule has 0 bridgehead atoms. The van der Waals surface area contributed by atoms with Crippen LogP contribution in [0.25, 0.3) is 0 Å². The van der Waals surface area contributed by atoms with Gasteiger partial charge >= 0.3 is 13.3 Å². The van der Waals surface area contributed by atoms with E-state index in [9.17, 15) is 22.6 Å². The van der Waals surface area contributed by atoms with Gasteiger partial charge in [0.15, 0.2) is 5.82 Å². The van der Waals surface area contributed by atoms with Gasteiger partial charge in [-0.15, -0.1) is 0 Å². The van der Waals surface area contributed by atoms with Crippen LogP contribution in [-0.2, 0) is 20.7 Å². The maximum absolute atomic E-state index is 14.2. The molecule has 4 nitrogen and oxygen atoms in total. The lowest BCUT2D eigenvalue weighted by atomic mass is 9.77. The van der Waals surface area contributed by atoms with Gasteiger partial charge in [-0.25, -0.2) is 4.39 Å². The molecule has 2 heterocycles. The van der Waals surface area contributed by atoms with Gasteiger partial charge in [-0.2, -0.15) is 13.2 Å². The maximum Gasteiger partial charge on any atom is 0.492 e. The van der Waals surface area contributed by atoms with Crippen molar-refractivity contribution in [2.45, 2.75) is 37.6 Å². The van der Waals surface area contributed by atoms with Crippen LogP contribution in [0.4, 0.5) is 17.6 Å². The third-order valence-electron chi connectivity index (χ3n) is 5.34. The second kappa shape index (κ2) is 7.05. The van der Waals surface area contributed by atoms with Crippen molar-refractivity contribution < 1.29 is 32.1 Å². The number of halogens is 6. The van der Waals surface area contributed by atoms with Crippen LogP contribution in [-0.4, -0.2) is 24.0 Å². The highest BCUT2D eigenvalue weighted by Gasteiger charge is 2.62. The summed E-state index contributed by atoms with van der Waals surface area (Å²) in [5, 5.41) is 13.8. The summed E-state index contributed by atoms with van der Waals surface area (Å²) >= 11 is 5.89. The van der Waals surface area contributed by atoms with Gasteiger partial charge in [0, 0.05) is 12.0 Å². The Morgan fingerprint density at radius 1 is 1.13 bits per heavy atom. The summed E-state index contributed by atoms with van der Waals surface area (Å²) in [4.78, 5) is 5.02. The largest absolute Gasteiger partial charge is 0.492 e. The molecule has 0 spiro atoms. The Morgan fingerprint density at radius 3 is 2.37 bits per heavy atom. The summed E-state index contributed by atoms with van der Waals surface area (Å²) < 4.78 is 61.7. The van der Waals surface area contributed by atoms with E-state index in [0.717, 1.165) is 12.1 Å². The molecule has 1 atom stereocenters. The lowest BCUT2D eigenvalue weighted by Gasteiger charge is -2.30. The van der Waals surface area contributed by atoms with Crippen molar-refractivity contribution in [1.29, 1.82) is 0 Å². The molecule has 0 radical (unpaired) electrons. The average molecular weight is 551 g/mol. The van der Waals surface area contributed by atoms with E-state index in [1.165, 1.54) is 0 Å². The Balaban J connectivity index is 1.76. The molecule has 2 aromatic carbocycles. The molecule has 0 saturated heterocycles. The standard InChI is InChI=1S/C19H14BBr2F4NO3/c1-17(2)11-5-9(3-4-12(11)20(28)29-17)15-8-18(30-27-15,19(24,25)26)10-6-13(21)16(23)14(22)7-10/h3-7,28H,8H2,1-2H3. The molecule has 30 heavy (non-hydrogen) atoms. The number of fused-ring (bicyclic) bond motifs is 1. The van der Waals surface area contributed by atoms with Gasteiger partial charge in [0.05, 0.1) is 20.3 Å². The third kappa shape index (κ3) is 3.30. The maximum atomic E-state index is 14.2. The molecule has 0 aromatic heterocycles. The summed E-state index contributed by atoms with van der Waals surface area (Å²) in [6.45, 7) is 3.51. The smallest absolute Gasteiger partial charge is 0.423 e. The van der Waals surface area contributed by atoms with Crippen LogP contribution in [0.5, 0.6) is 0 Å². The number of hydrogen-bond donors (Lipinski definition) is 1. The second-order valence-electron chi connectivity index (χ2n) is 7.67. The van der Waals surface area contributed by atoms with Crippen LogP contribution >= 0.6 is 31.9 Å². The molecule has 1 N–H and O–H groups in total. The first-order chi connectivity index (χ1) is 13.9. The number of nitrogens with zero attached hydrogens (tertiary/aromatic N) is 1. The van der Waals surface area contributed by atoms with Gasteiger partial charge in [0.2, 0.25) is 0 Å². The van der Waals surface area contributed by atoms with Crippen molar-refractivity contribution in [2.24, 2.45) is 5.16 Å². The van der Waals surface area contributed by atoms with Crippen molar-refractivity contribution >= 4 is 50.2 Å². The van der Waals surface area contributed by atoms with Crippen LogP contribution in [0.15, 0.2) is 44.4 Å². The van der Waals surface area contributed by atoms with Crippen LogP contribution in [0.1, 0.15) is 37.0 Å². The van der Waals surface area contributed by atoms with Gasteiger partial charge in [0.25, 0.3) is 5.60 Å². The van der Waals surface area contributed by atoms with Crippen molar-refractivity contribution in [1.82, 2.24) is 0 Å². The Hall–Kier alpha value is -1.43. The van der Waals surface area contributed by atoms with Gasteiger partial charge in [-0.05, 0) is 80.5 Å². The van der Waals surface area contributed by atoms with Crippen LogP contribution in [0, 0.1) is 5.82 Å². The first kappa shape index (κ1) is 21.8. The molecular weight excluding hydrogens is 537 g/mol. The average Bonchev–Trinajstić information content (AvgIpc) is 3.20. The number of rotatable bonds is 2. The summed E-state index contributed by atoms with van der Waals surface area (Å²) in [6, 6.07) is 6.91. The quantitative estimate of drug-likeness (QED) is 0.329. The third-order valence-corrected chi connectivity index (χ3v) is 6.50. The molecule has 2 aromatic rings. The van der Waals surface area contributed by atoms with E-state index >= 15 is 0 Å². The monoisotopic (exact) mass is 549 g/mol. The zero-order valence-corrected chi connectivity index (χ0v) is 18.8. The van der Waals surface area contributed by atoms with E-state index < -0.39 is 36.7 Å². The van der Waals surface area contributed by atoms with Gasteiger partial charge in [-0.3, -0.25) is 0 Å². The van der Waals surface area contributed by atoms with Crippen LogP contribution in [0.3, 0.4) is 0 Å². The number of oxime groups is 1. The van der Waals surface area contributed by atoms with E-state index in [0.29, 0.717) is 16.6 Å². The molecule has 1 unspecified atom stereocenters. The van der Waals surface area contributed by atoms with Gasteiger partial charge < -0.3 is 14.5 Å². The van der Waals surface area contributed by atoms with E-state index in [1.54, 1.807) is 32.0 Å². The van der Waals surface area contributed by atoms with Gasteiger partial charge in [-0.1, -0.05) is 17.3 Å². The fourth-order valence-corrected chi connectivity index (χ4v) is 4.91. The first-order valence-corrected chi connectivity index (χ1v) is 10.4. The molecule has 4 rings (SSSR count). The Kier molecular flexibility index (Phi) is 5.12. The molecule has 0 saturated carbocycles. The predicted molar refractivity (Wildman–Crippen MR) is 110 cm³/mol. The molecular formula is C19H14BBr2F4NO3. The normalized spacial score (nSPS) is 22.7. The topological polar surface area (TPSA) is 51.0 Å². The fraction of sp³-hybridized carbons (Fsp3) is 0.316. The van der Waals surface area contributed by atoms with Gasteiger partial charge in [0.1, 0.15) is 0 Å². The first-order valence-electron chi connectivity index (χ1n) is 8.83. The molecule has 2 aliphatic rings. The molecule has 0 fully saturated rings. The summed E-state index contributed by atoms with van der Waals surface area (Å²) in [5.41, 5.74) is -2.13. The molecule has 2 aliphatic heterocycles. The lowest BCUT2D eigenvalue weighted by molar-refractivity contribution is -0.275. The summed E-state index contributed by atoms with van der Waals surface area (Å²) in [7, 11) is -1.10. The van der Waals surface area contributed by atoms with E-state index in [-0.39, 0.29) is 20.2 Å². The Bertz CT molecular complexity index is 1050. The zero-order chi connectivity index (χ0) is 22.1. The highest BCUT2D eigenvalue weighted by molar-refractivity contribution is 9.11. The van der Waals surface area contributed by atoms with Crippen LogP contribution < -0.4 is 5.46 Å². The van der Waals surface area contributed by atoms with E-state index in [4.69, 9.17) is 9.49 Å². The molecule has 0 amide bonds. The van der Waals surface area contributed by atoms with E-state index in [2.05, 4.69) is 37.0 Å². The number of hydrogen-bond acceptors (Lipinski definition) is 4. The Morgan fingerprint density at radius 2 is 1.77 bits per heavy atom. The molecule has 158 valence electrons. The minimum Gasteiger partial charge on any atom is -0.423 e. The lowest BCUT2D eigenvalue weighted by Crippen LogP contribution is -2.42. The summed E-state index contributed by atoms with van der Waals surface area (Å²) in [5.74, 6) is -0.713. The molecule has 11 heteroatoms. The van der Waals surface area contributed by atoms with Crippen molar-refractivity contribution in [2.75, 3.05) is 0 Å². The number of alkyl halides is 3. The second-order valence-corrected chi connectivity index (χ2v) is 9.38. The van der Waals surface area contributed by atoms with Crippen molar-refractivity contribution in [3.8, 4) is 0 Å². The van der Waals surface area contributed by atoms with Crippen LogP contribution in [0.2, 0.25) is 0 Å². The zero-order valence-electron chi connectivity index (χ0n) is 15.6. The van der Waals surface area contributed by atoms with E-state index in [1.807, 2.05) is 0 Å². The highest BCUT2D eigenvalue weighted by Crippen LogP contribution is 2.50. The minimum absolute atomic E-state index is 0.0869. The number of benzene rings is 2. The summed E-state index contributed by atoms with van der Waals surface area (Å²) in [6.07, 6.45) is -5.41. The Labute approximate surface area is 186 Å². The van der Waals surface area contributed by atoms with Crippen molar-refractivity contribution in [3.05, 3.63) is 61.8 Å². The minimum atomic E-state index is -4.82. The highest BCUT2D eigenvalue weighted by atomic mass is 79.9. The predicted octanol–water partition coefficient (Wildman–Crippen LogP) is 4.89. The fourth-order valence-electron chi connectivity index (χ4n) is 3.73. The van der Waals surface area contributed by atoms with Crippen molar-refractivity contribution in [3.63, 3.8) is 0 Å².